The Bertz CT molecular complexity index is 1580. The maximum atomic E-state index is 12.7. The zero-order chi connectivity index (χ0) is 29.0. The average Bonchev–Trinajstić information content (AvgIpc) is 2.92. The molecule has 9 nitrogen and oxygen atoms in total. The number of anilines is 4. The van der Waals surface area contributed by atoms with Gasteiger partial charge < -0.3 is 18.6 Å². The van der Waals surface area contributed by atoms with Crippen molar-refractivity contribution in [2.24, 2.45) is 0 Å². The number of halogens is 1. The molecule has 208 valence electrons. The minimum atomic E-state index is -2.75. The SMILES string of the molecule is COC(=O)c1cc(Oc2ccc(N(c3ccc(C)cc3)S(=O)[O-])c(Cl)c2)ccc1N(c1ccc(C)cc1)S(=O)[O-]. The van der Waals surface area contributed by atoms with E-state index >= 15 is 0 Å². The van der Waals surface area contributed by atoms with Crippen molar-refractivity contribution in [1.82, 2.24) is 0 Å². The van der Waals surface area contributed by atoms with Gasteiger partial charge in [0.25, 0.3) is 0 Å². The monoisotopic (exact) mass is 598 g/mol. The number of esters is 1. The van der Waals surface area contributed by atoms with E-state index < -0.39 is 28.5 Å². The van der Waals surface area contributed by atoms with Gasteiger partial charge in [-0.05, 0) is 68.4 Å². The van der Waals surface area contributed by atoms with Gasteiger partial charge >= 0.3 is 5.97 Å². The molecule has 40 heavy (non-hydrogen) atoms. The number of aryl methyl sites for hydroxylation is 2. The molecule has 0 amide bonds. The second-order valence-corrected chi connectivity index (χ2v) is 10.6. The molecule has 0 N–H and O–H groups in total. The van der Waals surface area contributed by atoms with E-state index in [0.29, 0.717) is 11.4 Å². The van der Waals surface area contributed by atoms with Crippen LogP contribution in [-0.4, -0.2) is 30.6 Å². The van der Waals surface area contributed by atoms with E-state index in [0.717, 1.165) is 19.7 Å². The van der Waals surface area contributed by atoms with Gasteiger partial charge in [-0.15, -0.1) is 0 Å². The predicted octanol–water partition coefficient (Wildman–Crippen LogP) is 6.40. The summed E-state index contributed by atoms with van der Waals surface area (Å²) in [4.78, 5) is 12.7. The van der Waals surface area contributed by atoms with Crippen molar-refractivity contribution in [3.8, 4) is 11.5 Å². The summed E-state index contributed by atoms with van der Waals surface area (Å²) in [5.74, 6) is -0.333. The van der Waals surface area contributed by atoms with Gasteiger partial charge in [-0.25, -0.2) is 4.79 Å². The Morgan fingerprint density at radius 1 is 0.725 bits per heavy atom. The van der Waals surface area contributed by atoms with E-state index in [1.807, 2.05) is 13.8 Å². The third-order valence-electron chi connectivity index (χ3n) is 5.80. The molecule has 4 aromatic carbocycles. The molecule has 0 bridgehead atoms. The highest BCUT2D eigenvalue weighted by Crippen LogP contribution is 2.38. The Labute approximate surface area is 241 Å². The summed E-state index contributed by atoms with van der Waals surface area (Å²) >= 11 is 1.05. The highest BCUT2D eigenvalue weighted by atomic mass is 35.5. The van der Waals surface area contributed by atoms with Gasteiger partial charge in [0.15, 0.2) is 0 Å². The van der Waals surface area contributed by atoms with Crippen LogP contribution in [-0.2, 0) is 27.3 Å². The molecule has 0 saturated heterocycles. The standard InChI is InChI=1S/C28H25ClN2O7S2/c1-18-4-8-20(9-5-18)30(39(33)34)26-14-12-22(16-24(26)28(32)37-3)38-23-13-15-27(25(29)17-23)31(40(35)36)21-10-6-19(2)7-11-21/h4-17H,1-3H3,(H,33,34)(H,35,36)/p-2. The number of nitrogens with zero attached hydrogens (tertiary/aromatic N) is 2. The first-order valence-electron chi connectivity index (χ1n) is 11.7. The molecule has 0 radical (unpaired) electrons. The quantitative estimate of drug-likeness (QED) is 0.161. The Morgan fingerprint density at radius 2 is 1.18 bits per heavy atom. The van der Waals surface area contributed by atoms with E-state index in [2.05, 4.69) is 0 Å². The van der Waals surface area contributed by atoms with E-state index in [4.69, 9.17) is 21.1 Å². The van der Waals surface area contributed by atoms with Gasteiger partial charge in [-0.1, -0.05) is 47.0 Å². The van der Waals surface area contributed by atoms with Crippen molar-refractivity contribution < 1.29 is 31.8 Å². The minimum Gasteiger partial charge on any atom is -0.755 e. The van der Waals surface area contributed by atoms with Gasteiger partial charge in [0.05, 0.1) is 63.0 Å². The van der Waals surface area contributed by atoms with Crippen LogP contribution in [0.15, 0.2) is 84.9 Å². The van der Waals surface area contributed by atoms with Crippen LogP contribution in [0, 0.1) is 13.8 Å². The molecule has 0 fully saturated rings. The van der Waals surface area contributed by atoms with Crippen LogP contribution < -0.4 is 13.3 Å². The van der Waals surface area contributed by atoms with Gasteiger partial charge in [-0.3, -0.25) is 17.0 Å². The zero-order valence-corrected chi connectivity index (χ0v) is 23.9. The van der Waals surface area contributed by atoms with E-state index in [-0.39, 0.29) is 33.5 Å². The molecule has 0 aliphatic heterocycles. The summed E-state index contributed by atoms with van der Waals surface area (Å²) in [6.07, 6.45) is 0. The molecule has 4 aromatic rings. The van der Waals surface area contributed by atoms with Crippen molar-refractivity contribution in [3.63, 3.8) is 0 Å². The molecule has 0 aromatic heterocycles. The molecular formula is C28H23ClN2O7S2-2. The summed E-state index contributed by atoms with van der Waals surface area (Å²) < 4.78 is 61.3. The first-order chi connectivity index (χ1) is 19.1. The smallest absolute Gasteiger partial charge is 0.340 e. The highest BCUT2D eigenvalue weighted by molar-refractivity contribution is 7.81. The summed E-state index contributed by atoms with van der Waals surface area (Å²) in [6.45, 7) is 3.76. The number of hydrogen-bond acceptors (Lipinski definition) is 7. The molecule has 2 unspecified atom stereocenters. The topological polar surface area (TPSA) is 122 Å². The zero-order valence-electron chi connectivity index (χ0n) is 21.5. The summed E-state index contributed by atoms with van der Waals surface area (Å²) in [5.41, 5.74) is 2.86. The van der Waals surface area contributed by atoms with Crippen molar-refractivity contribution in [1.29, 1.82) is 0 Å². The van der Waals surface area contributed by atoms with Crippen LogP contribution in [0.5, 0.6) is 11.5 Å². The fourth-order valence-electron chi connectivity index (χ4n) is 3.85. The Morgan fingerprint density at radius 3 is 1.62 bits per heavy atom. The molecule has 0 saturated carbocycles. The first-order valence-corrected chi connectivity index (χ1v) is 14.2. The van der Waals surface area contributed by atoms with Crippen LogP contribution in [0.4, 0.5) is 22.7 Å². The number of rotatable bonds is 9. The van der Waals surface area contributed by atoms with Gasteiger partial charge in [-0.2, -0.15) is 0 Å². The van der Waals surface area contributed by atoms with Gasteiger partial charge in [0.2, 0.25) is 0 Å². The van der Waals surface area contributed by atoms with E-state index in [1.165, 1.54) is 43.5 Å². The number of ether oxygens (including phenoxy) is 2. The Kier molecular flexibility index (Phi) is 9.23. The van der Waals surface area contributed by atoms with Crippen LogP contribution in [0.3, 0.4) is 0 Å². The molecular weight excluding hydrogens is 576 g/mol. The number of methoxy groups -OCH3 is 1. The normalized spacial score (nSPS) is 12.3. The van der Waals surface area contributed by atoms with Crippen molar-refractivity contribution >= 4 is 62.9 Å². The molecule has 0 heterocycles. The average molecular weight is 599 g/mol. The van der Waals surface area contributed by atoms with E-state index in [1.54, 1.807) is 48.5 Å². The lowest BCUT2D eigenvalue weighted by molar-refractivity contribution is 0.0601. The second-order valence-electron chi connectivity index (χ2n) is 8.58. The minimum absolute atomic E-state index is 0.0558. The summed E-state index contributed by atoms with van der Waals surface area (Å²) in [6, 6.07) is 22.3. The maximum absolute atomic E-state index is 12.7. The van der Waals surface area contributed by atoms with Crippen LogP contribution in [0.2, 0.25) is 5.02 Å². The van der Waals surface area contributed by atoms with Crippen LogP contribution in [0.25, 0.3) is 0 Å². The van der Waals surface area contributed by atoms with Crippen molar-refractivity contribution in [2.75, 3.05) is 15.7 Å². The first kappa shape index (κ1) is 29.2. The third kappa shape index (κ3) is 6.52. The number of benzene rings is 4. The number of hydrogen-bond donors (Lipinski definition) is 0. The predicted molar refractivity (Wildman–Crippen MR) is 154 cm³/mol. The number of carbonyl (C=O) groups is 1. The van der Waals surface area contributed by atoms with Gasteiger partial charge in [0, 0.05) is 6.07 Å². The van der Waals surface area contributed by atoms with E-state index in [9.17, 15) is 22.3 Å². The second kappa shape index (κ2) is 12.6. The van der Waals surface area contributed by atoms with Crippen LogP contribution >= 0.6 is 11.6 Å². The lowest BCUT2D eigenvalue weighted by Crippen LogP contribution is -2.22. The van der Waals surface area contributed by atoms with Crippen LogP contribution in [0.1, 0.15) is 21.5 Å². The number of carbonyl (C=O) groups excluding carboxylic acids is 1. The van der Waals surface area contributed by atoms with Crippen molar-refractivity contribution in [2.45, 2.75) is 13.8 Å². The molecule has 0 aliphatic carbocycles. The van der Waals surface area contributed by atoms with Gasteiger partial charge in [0.1, 0.15) is 11.5 Å². The molecule has 0 spiro atoms. The third-order valence-corrected chi connectivity index (χ3v) is 7.51. The fraction of sp³-hybridized carbons (Fsp3) is 0.107. The molecule has 0 aliphatic rings. The largest absolute Gasteiger partial charge is 0.755 e. The molecule has 12 heteroatoms. The fourth-order valence-corrected chi connectivity index (χ4v) is 5.38. The Hall–Kier alpha value is -3.74. The lowest BCUT2D eigenvalue weighted by Gasteiger charge is -2.28. The summed E-state index contributed by atoms with van der Waals surface area (Å²) in [7, 11) is 1.18. The molecule has 4 rings (SSSR count). The highest BCUT2D eigenvalue weighted by Gasteiger charge is 2.21. The summed E-state index contributed by atoms with van der Waals surface area (Å²) in [5, 5.41) is 0.0967. The molecule has 2 atom stereocenters. The van der Waals surface area contributed by atoms with Crippen molar-refractivity contribution in [3.05, 3.63) is 107 Å². The Balaban J connectivity index is 1.68. The maximum Gasteiger partial charge on any atom is 0.340 e. The lowest BCUT2D eigenvalue weighted by atomic mass is 10.1.